The van der Waals surface area contributed by atoms with Gasteiger partial charge in [-0.25, -0.2) is 4.98 Å². The van der Waals surface area contributed by atoms with Crippen LogP contribution in [-0.4, -0.2) is 15.5 Å². The Hall–Kier alpha value is -1.69. The summed E-state index contributed by atoms with van der Waals surface area (Å²) in [6, 6.07) is 0. The van der Waals surface area contributed by atoms with Gasteiger partial charge < -0.3 is 5.73 Å². The van der Waals surface area contributed by atoms with E-state index in [1.54, 1.807) is 22.8 Å². The highest BCUT2D eigenvalue weighted by Gasteiger charge is 2.21. The zero-order chi connectivity index (χ0) is 14.3. The van der Waals surface area contributed by atoms with E-state index in [4.69, 9.17) is 5.73 Å². The molecule has 0 saturated carbocycles. The molecule has 5 nitrogen and oxygen atoms in total. The van der Waals surface area contributed by atoms with Crippen molar-refractivity contribution in [3.05, 3.63) is 26.6 Å². The zero-order valence-corrected chi connectivity index (χ0v) is 12.3. The predicted molar refractivity (Wildman–Crippen MR) is 79.1 cm³/mol. The maximum Gasteiger partial charge on any atom is 0.262 e. The molecule has 106 valence electrons. The summed E-state index contributed by atoms with van der Waals surface area (Å²) in [5.41, 5.74) is 6.33. The second kappa shape index (κ2) is 5.01. The average molecular weight is 291 g/mol. The third-order valence-corrected chi connectivity index (χ3v) is 5.03. The Labute approximate surface area is 120 Å². The predicted octanol–water partition coefficient (Wildman–Crippen LogP) is 1.52. The summed E-state index contributed by atoms with van der Waals surface area (Å²) in [7, 11) is 0. The van der Waals surface area contributed by atoms with Crippen LogP contribution >= 0.6 is 11.3 Å². The lowest BCUT2D eigenvalue weighted by molar-refractivity contribution is -0.118. The summed E-state index contributed by atoms with van der Waals surface area (Å²) >= 11 is 1.65. The summed E-state index contributed by atoms with van der Waals surface area (Å²) in [6.45, 7) is 2.12. The first-order valence-electron chi connectivity index (χ1n) is 6.88. The number of thiophene rings is 1. The first-order chi connectivity index (χ1) is 9.58. The number of nitrogens with two attached hydrogens (primary N) is 1. The lowest BCUT2D eigenvalue weighted by atomic mass is 9.97. The summed E-state index contributed by atoms with van der Waals surface area (Å²) in [5.74, 6) is 0.256. The number of nitrogens with zero attached hydrogens (tertiary/aromatic N) is 2. The smallest absolute Gasteiger partial charge is 0.262 e. The SMILES string of the molecule is Cc1nc2sc3c(c2c(=O)n1CCC(N)=O)CCCC3. The number of rotatable bonds is 3. The normalized spacial score (nSPS) is 14.4. The molecule has 3 rings (SSSR count). The van der Waals surface area contributed by atoms with Crippen molar-refractivity contribution in [1.29, 1.82) is 0 Å². The van der Waals surface area contributed by atoms with Crippen molar-refractivity contribution in [1.82, 2.24) is 9.55 Å². The fourth-order valence-corrected chi connectivity index (χ4v) is 4.12. The quantitative estimate of drug-likeness (QED) is 0.931. The van der Waals surface area contributed by atoms with Crippen LogP contribution in [0, 0.1) is 6.92 Å². The van der Waals surface area contributed by atoms with Crippen LogP contribution in [-0.2, 0) is 24.2 Å². The molecule has 0 bridgehead atoms. The minimum atomic E-state index is -0.399. The van der Waals surface area contributed by atoms with E-state index in [0.29, 0.717) is 12.4 Å². The van der Waals surface area contributed by atoms with E-state index >= 15 is 0 Å². The molecule has 0 aromatic carbocycles. The Balaban J connectivity index is 2.17. The van der Waals surface area contributed by atoms with Crippen LogP contribution in [0.25, 0.3) is 10.2 Å². The number of primary amides is 1. The molecule has 1 amide bonds. The fraction of sp³-hybridized carbons (Fsp3) is 0.500. The number of aromatic nitrogens is 2. The summed E-state index contributed by atoms with van der Waals surface area (Å²) < 4.78 is 1.58. The number of fused-ring (bicyclic) bond motifs is 3. The van der Waals surface area contributed by atoms with Gasteiger partial charge in [0.1, 0.15) is 10.7 Å². The maximum absolute atomic E-state index is 12.7. The molecule has 0 radical (unpaired) electrons. The molecular formula is C14H17N3O2S. The minimum absolute atomic E-state index is 0.0202. The second-order valence-corrected chi connectivity index (χ2v) is 6.31. The Morgan fingerprint density at radius 1 is 1.40 bits per heavy atom. The molecule has 0 fully saturated rings. The largest absolute Gasteiger partial charge is 0.370 e. The van der Waals surface area contributed by atoms with E-state index in [0.717, 1.165) is 29.5 Å². The first kappa shape index (κ1) is 13.3. The van der Waals surface area contributed by atoms with Gasteiger partial charge in [-0.2, -0.15) is 0 Å². The lowest BCUT2D eigenvalue weighted by Crippen LogP contribution is -2.26. The van der Waals surface area contributed by atoms with Gasteiger partial charge in [-0.1, -0.05) is 0 Å². The molecule has 1 aliphatic carbocycles. The second-order valence-electron chi connectivity index (χ2n) is 5.22. The van der Waals surface area contributed by atoms with Crippen LogP contribution in [0.1, 0.15) is 35.5 Å². The zero-order valence-electron chi connectivity index (χ0n) is 11.4. The van der Waals surface area contributed by atoms with Gasteiger partial charge in [0.2, 0.25) is 5.91 Å². The van der Waals surface area contributed by atoms with Gasteiger partial charge in [-0.15, -0.1) is 11.3 Å². The third kappa shape index (κ3) is 2.14. The summed E-state index contributed by atoms with van der Waals surface area (Å²) in [4.78, 5) is 30.3. The van der Waals surface area contributed by atoms with Crippen molar-refractivity contribution in [2.45, 2.75) is 45.6 Å². The number of carbonyl (C=O) groups is 1. The van der Waals surface area contributed by atoms with Crippen molar-refractivity contribution in [2.24, 2.45) is 5.73 Å². The van der Waals surface area contributed by atoms with E-state index in [1.165, 1.54) is 16.9 Å². The van der Waals surface area contributed by atoms with Crippen LogP contribution in [0.4, 0.5) is 0 Å². The van der Waals surface area contributed by atoms with Gasteiger partial charge >= 0.3 is 0 Å². The fourth-order valence-electron chi connectivity index (χ4n) is 2.83. The summed E-state index contributed by atoms with van der Waals surface area (Å²) in [5, 5.41) is 0.764. The molecule has 0 unspecified atom stereocenters. The minimum Gasteiger partial charge on any atom is -0.370 e. The van der Waals surface area contributed by atoms with Crippen LogP contribution in [0.5, 0.6) is 0 Å². The van der Waals surface area contributed by atoms with Crippen molar-refractivity contribution in [3.63, 3.8) is 0 Å². The molecule has 0 saturated heterocycles. The number of hydrogen-bond acceptors (Lipinski definition) is 4. The highest BCUT2D eigenvalue weighted by atomic mass is 32.1. The van der Waals surface area contributed by atoms with Gasteiger partial charge in [0.15, 0.2) is 0 Å². The van der Waals surface area contributed by atoms with Crippen LogP contribution < -0.4 is 11.3 Å². The Bertz CT molecular complexity index is 745. The standard InChI is InChI=1S/C14H17N3O2S/c1-8-16-13-12(9-4-2-3-5-10(9)20-13)14(19)17(8)7-6-11(15)18/h2-7H2,1H3,(H2,15,18). The van der Waals surface area contributed by atoms with Gasteiger partial charge in [-0.3, -0.25) is 14.2 Å². The van der Waals surface area contributed by atoms with Crippen LogP contribution in [0.15, 0.2) is 4.79 Å². The van der Waals surface area contributed by atoms with E-state index in [9.17, 15) is 9.59 Å². The number of hydrogen-bond donors (Lipinski definition) is 1. The van der Waals surface area contributed by atoms with E-state index in [-0.39, 0.29) is 12.0 Å². The van der Waals surface area contributed by atoms with E-state index in [1.807, 2.05) is 0 Å². The van der Waals surface area contributed by atoms with Crippen molar-refractivity contribution >= 4 is 27.5 Å². The average Bonchev–Trinajstić information content (AvgIpc) is 2.75. The molecule has 2 N–H and O–H groups in total. The molecule has 0 spiro atoms. The van der Waals surface area contributed by atoms with E-state index in [2.05, 4.69) is 4.98 Å². The highest BCUT2D eigenvalue weighted by Crippen LogP contribution is 2.33. The number of aryl methyl sites for hydroxylation is 3. The molecular weight excluding hydrogens is 274 g/mol. The van der Waals surface area contributed by atoms with E-state index < -0.39 is 5.91 Å². The molecule has 20 heavy (non-hydrogen) atoms. The Morgan fingerprint density at radius 2 is 2.15 bits per heavy atom. The molecule has 6 heteroatoms. The van der Waals surface area contributed by atoms with Crippen LogP contribution in [0.3, 0.4) is 0 Å². The molecule has 2 aromatic heterocycles. The summed E-state index contributed by atoms with van der Waals surface area (Å²) in [6.07, 6.45) is 4.50. The molecule has 0 atom stereocenters. The number of amides is 1. The van der Waals surface area contributed by atoms with Gasteiger partial charge in [0.25, 0.3) is 5.56 Å². The Kier molecular flexibility index (Phi) is 3.33. The number of carbonyl (C=O) groups excluding carboxylic acids is 1. The highest BCUT2D eigenvalue weighted by molar-refractivity contribution is 7.18. The molecule has 2 heterocycles. The van der Waals surface area contributed by atoms with Crippen LogP contribution in [0.2, 0.25) is 0 Å². The molecule has 2 aromatic rings. The molecule has 1 aliphatic rings. The lowest BCUT2D eigenvalue weighted by Gasteiger charge is -2.11. The van der Waals surface area contributed by atoms with Crippen molar-refractivity contribution in [2.75, 3.05) is 0 Å². The Morgan fingerprint density at radius 3 is 2.90 bits per heavy atom. The van der Waals surface area contributed by atoms with Gasteiger partial charge in [-0.05, 0) is 38.2 Å². The van der Waals surface area contributed by atoms with Gasteiger partial charge in [0.05, 0.1) is 5.39 Å². The maximum atomic E-state index is 12.7. The topological polar surface area (TPSA) is 78.0 Å². The molecule has 0 aliphatic heterocycles. The van der Waals surface area contributed by atoms with Gasteiger partial charge in [0, 0.05) is 17.8 Å². The first-order valence-corrected chi connectivity index (χ1v) is 7.69. The van der Waals surface area contributed by atoms with Crippen molar-refractivity contribution < 1.29 is 4.79 Å². The third-order valence-electron chi connectivity index (χ3n) is 3.85. The van der Waals surface area contributed by atoms with Crippen molar-refractivity contribution in [3.8, 4) is 0 Å². The monoisotopic (exact) mass is 291 g/mol.